The van der Waals surface area contributed by atoms with Crippen LogP contribution in [0.3, 0.4) is 0 Å². The van der Waals surface area contributed by atoms with Crippen molar-refractivity contribution in [3.05, 3.63) is 58.9 Å². The van der Waals surface area contributed by atoms with E-state index in [1.54, 1.807) is 55.1 Å². The van der Waals surface area contributed by atoms with Crippen molar-refractivity contribution in [3.63, 3.8) is 0 Å². The minimum absolute atomic E-state index is 0.211. The van der Waals surface area contributed by atoms with E-state index in [9.17, 15) is 4.79 Å². The molecule has 0 aliphatic rings. The minimum Gasteiger partial charge on any atom is -0.497 e. The van der Waals surface area contributed by atoms with Crippen LogP contribution in [0.4, 0.5) is 5.69 Å². The van der Waals surface area contributed by atoms with Gasteiger partial charge in [-0.25, -0.2) is 4.68 Å². The molecule has 0 saturated heterocycles. The molecule has 0 unspecified atom stereocenters. The van der Waals surface area contributed by atoms with Crippen molar-refractivity contribution in [2.75, 3.05) is 19.5 Å². The van der Waals surface area contributed by atoms with E-state index < -0.39 is 0 Å². The molecule has 2 aromatic carbocycles. The number of amides is 1. The van der Waals surface area contributed by atoms with Gasteiger partial charge in [-0.15, -0.1) is 5.10 Å². The lowest BCUT2D eigenvalue weighted by molar-refractivity contribution is 0.102. The first-order chi connectivity index (χ1) is 12.5. The van der Waals surface area contributed by atoms with E-state index in [4.69, 9.17) is 21.1 Å². The molecule has 0 atom stereocenters. The van der Waals surface area contributed by atoms with Crippen LogP contribution in [-0.4, -0.2) is 35.1 Å². The number of carbonyl (C=O) groups excluding carboxylic acids is 1. The maximum Gasteiger partial charge on any atom is 0.278 e. The van der Waals surface area contributed by atoms with Crippen LogP contribution < -0.4 is 14.8 Å². The molecule has 8 heteroatoms. The highest BCUT2D eigenvalue weighted by Crippen LogP contribution is 2.29. The van der Waals surface area contributed by atoms with Crippen molar-refractivity contribution in [2.24, 2.45) is 0 Å². The SMILES string of the molecule is COc1ccc(NC(=O)c2nnn(-c3cccc(Cl)c3)c2C)c(OC)c1. The van der Waals surface area contributed by atoms with Gasteiger partial charge in [0.25, 0.3) is 5.91 Å². The molecule has 134 valence electrons. The Kier molecular flexibility index (Phi) is 5.09. The van der Waals surface area contributed by atoms with Gasteiger partial charge in [0.15, 0.2) is 5.69 Å². The van der Waals surface area contributed by atoms with Crippen molar-refractivity contribution in [1.82, 2.24) is 15.0 Å². The van der Waals surface area contributed by atoms with Gasteiger partial charge < -0.3 is 14.8 Å². The first-order valence-electron chi connectivity index (χ1n) is 7.75. The monoisotopic (exact) mass is 372 g/mol. The first-order valence-corrected chi connectivity index (χ1v) is 8.13. The summed E-state index contributed by atoms with van der Waals surface area (Å²) in [6.45, 7) is 1.76. The number of rotatable bonds is 5. The van der Waals surface area contributed by atoms with Crippen molar-refractivity contribution in [3.8, 4) is 17.2 Å². The normalized spacial score (nSPS) is 10.5. The Hall–Kier alpha value is -3.06. The Bertz CT molecular complexity index is 955. The van der Waals surface area contributed by atoms with Crippen LogP contribution in [0, 0.1) is 6.92 Å². The summed E-state index contributed by atoms with van der Waals surface area (Å²) >= 11 is 6.02. The van der Waals surface area contributed by atoms with E-state index >= 15 is 0 Å². The van der Waals surface area contributed by atoms with Gasteiger partial charge in [-0.3, -0.25) is 4.79 Å². The molecule has 0 fully saturated rings. The van der Waals surface area contributed by atoms with Crippen LogP contribution in [-0.2, 0) is 0 Å². The number of hydrogen-bond acceptors (Lipinski definition) is 5. The van der Waals surface area contributed by atoms with Crippen LogP contribution in [0.5, 0.6) is 11.5 Å². The van der Waals surface area contributed by atoms with Crippen LogP contribution in [0.15, 0.2) is 42.5 Å². The topological polar surface area (TPSA) is 78.3 Å². The van der Waals surface area contributed by atoms with Crippen molar-refractivity contribution in [2.45, 2.75) is 6.92 Å². The van der Waals surface area contributed by atoms with Gasteiger partial charge in [-0.1, -0.05) is 22.9 Å². The summed E-state index contributed by atoms with van der Waals surface area (Å²) in [5.74, 6) is 0.722. The second-order valence-electron chi connectivity index (χ2n) is 5.44. The average molecular weight is 373 g/mol. The third-order valence-electron chi connectivity index (χ3n) is 3.82. The number of methoxy groups -OCH3 is 2. The number of ether oxygens (including phenoxy) is 2. The number of carbonyl (C=O) groups is 1. The molecule has 0 aliphatic heterocycles. The molecule has 1 heterocycles. The number of nitrogens with zero attached hydrogens (tertiary/aromatic N) is 3. The average Bonchev–Trinajstić information content (AvgIpc) is 3.03. The summed E-state index contributed by atoms with van der Waals surface area (Å²) < 4.78 is 12.0. The van der Waals surface area contributed by atoms with Gasteiger partial charge in [0.1, 0.15) is 11.5 Å². The Morgan fingerprint density at radius 2 is 1.96 bits per heavy atom. The van der Waals surface area contributed by atoms with Gasteiger partial charge >= 0.3 is 0 Å². The number of nitrogens with one attached hydrogen (secondary N) is 1. The molecular formula is C18H17ClN4O3. The van der Waals surface area contributed by atoms with Gasteiger partial charge in [-0.05, 0) is 37.3 Å². The number of hydrogen-bond donors (Lipinski definition) is 1. The summed E-state index contributed by atoms with van der Waals surface area (Å²) in [6.07, 6.45) is 0. The van der Waals surface area contributed by atoms with Gasteiger partial charge in [-0.2, -0.15) is 0 Å². The lowest BCUT2D eigenvalue weighted by atomic mass is 10.2. The van der Waals surface area contributed by atoms with Crippen LogP contribution >= 0.6 is 11.6 Å². The molecule has 0 aliphatic carbocycles. The predicted molar refractivity (Wildman–Crippen MR) is 98.6 cm³/mol. The highest BCUT2D eigenvalue weighted by Gasteiger charge is 2.19. The van der Waals surface area contributed by atoms with E-state index in [-0.39, 0.29) is 11.6 Å². The second-order valence-corrected chi connectivity index (χ2v) is 5.87. The summed E-state index contributed by atoms with van der Waals surface area (Å²) in [5, 5.41) is 11.4. The van der Waals surface area contributed by atoms with Gasteiger partial charge in [0.05, 0.1) is 31.3 Å². The van der Waals surface area contributed by atoms with Crippen LogP contribution in [0.1, 0.15) is 16.2 Å². The molecule has 1 N–H and O–H groups in total. The first kappa shape index (κ1) is 17.8. The molecule has 1 aromatic heterocycles. The maximum atomic E-state index is 12.6. The number of halogens is 1. The zero-order valence-electron chi connectivity index (χ0n) is 14.5. The van der Waals surface area contributed by atoms with E-state index in [0.29, 0.717) is 27.9 Å². The molecule has 0 bridgehead atoms. The fourth-order valence-electron chi connectivity index (χ4n) is 2.48. The predicted octanol–water partition coefficient (Wildman–Crippen LogP) is 3.50. The number of aromatic nitrogens is 3. The zero-order valence-corrected chi connectivity index (χ0v) is 15.2. The fourth-order valence-corrected chi connectivity index (χ4v) is 2.66. The van der Waals surface area contributed by atoms with Gasteiger partial charge in [0.2, 0.25) is 0 Å². The molecular weight excluding hydrogens is 356 g/mol. The zero-order chi connectivity index (χ0) is 18.7. The lowest BCUT2D eigenvalue weighted by Gasteiger charge is -2.11. The smallest absolute Gasteiger partial charge is 0.278 e. The molecule has 0 saturated carbocycles. The molecule has 1 amide bonds. The largest absolute Gasteiger partial charge is 0.497 e. The van der Waals surface area contributed by atoms with Crippen molar-refractivity contribution >= 4 is 23.2 Å². The van der Waals surface area contributed by atoms with E-state index in [1.165, 1.54) is 7.11 Å². The molecule has 0 radical (unpaired) electrons. The van der Waals surface area contributed by atoms with E-state index in [0.717, 1.165) is 5.69 Å². The number of anilines is 1. The molecule has 3 aromatic rings. The Morgan fingerprint density at radius 1 is 1.15 bits per heavy atom. The minimum atomic E-state index is -0.390. The Labute approximate surface area is 155 Å². The molecule has 26 heavy (non-hydrogen) atoms. The lowest BCUT2D eigenvalue weighted by Crippen LogP contribution is -2.15. The third kappa shape index (κ3) is 3.48. The fraction of sp³-hybridized carbons (Fsp3) is 0.167. The summed E-state index contributed by atoms with van der Waals surface area (Å²) in [7, 11) is 3.08. The molecule has 0 spiro atoms. The summed E-state index contributed by atoms with van der Waals surface area (Å²) in [6, 6.07) is 12.3. The van der Waals surface area contributed by atoms with E-state index in [2.05, 4.69) is 15.6 Å². The number of benzene rings is 2. The summed E-state index contributed by atoms with van der Waals surface area (Å²) in [4.78, 5) is 12.6. The standard InChI is InChI=1S/C18H17ClN4O3/c1-11-17(21-22-23(11)13-6-4-5-12(19)9-13)18(24)20-15-8-7-14(25-2)10-16(15)26-3/h4-10H,1-3H3,(H,20,24). The molecule has 7 nitrogen and oxygen atoms in total. The Morgan fingerprint density at radius 3 is 2.65 bits per heavy atom. The highest BCUT2D eigenvalue weighted by molar-refractivity contribution is 6.30. The maximum absolute atomic E-state index is 12.6. The van der Waals surface area contributed by atoms with Crippen molar-refractivity contribution in [1.29, 1.82) is 0 Å². The Balaban J connectivity index is 1.88. The highest BCUT2D eigenvalue weighted by atomic mass is 35.5. The van der Waals surface area contributed by atoms with Crippen LogP contribution in [0.2, 0.25) is 5.02 Å². The summed E-state index contributed by atoms with van der Waals surface area (Å²) in [5.41, 5.74) is 2.04. The van der Waals surface area contributed by atoms with Crippen LogP contribution in [0.25, 0.3) is 5.69 Å². The van der Waals surface area contributed by atoms with E-state index in [1.807, 2.05) is 6.07 Å². The quantitative estimate of drug-likeness (QED) is 0.741. The second kappa shape index (κ2) is 7.45. The van der Waals surface area contributed by atoms with Gasteiger partial charge in [0, 0.05) is 11.1 Å². The molecule has 3 rings (SSSR count). The third-order valence-corrected chi connectivity index (χ3v) is 4.05. The van der Waals surface area contributed by atoms with Crippen molar-refractivity contribution < 1.29 is 14.3 Å².